The SMILES string of the molecule is C=C(CC)NC(=O)c1c(O)c2cc(C3CCC3)cnc2n(CCN2CCOCC2)c1=O. The number of carbonyl (C=O) groups is 1. The molecular formula is C23H30N4O4. The molecule has 8 nitrogen and oxygen atoms in total. The molecule has 166 valence electrons. The number of hydrogen-bond donors (Lipinski definition) is 2. The van der Waals surface area contributed by atoms with Crippen molar-refractivity contribution < 1.29 is 14.6 Å². The van der Waals surface area contributed by atoms with Crippen LogP contribution in [0.5, 0.6) is 5.75 Å². The van der Waals surface area contributed by atoms with E-state index in [0.717, 1.165) is 31.5 Å². The third-order valence-corrected chi connectivity index (χ3v) is 6.36. The normalized spacial score (nSPS) is 17.5. The minimum atomic E-state index is -0.634. The van der Waals surface area contributed by atoms with Gasteiger partial charge in [-0.3, -0.25) is 19.1 Å². The second-order valence-corrected chi connectivity index (χ2v) is 8.31. The zero-order chi connectivity index (χ0) is 22.0. The van der Waals surface area contributed by atoms with Gasteiger partial charge in [0.25, 0.3) is 11.5 Å². The van der Waals surface area contributed by atoms with Gasteiger partial charge in [-0.15, -0.1) is 0 Å². The molecule has 2 aromatic rings. The summed E-state index contributed by atoms with van der Waals surface area (Å²) in [6.45, 7) is 9.59. The molecule has 31 heavy (non-hydrogen) atoms. The number of morpholine rings is 1. The van der Waals surface area contributed by atoms with Crippen LogP contribution in [-0.2, 0) is 11.3 Å². The Morgan fingerprint density at radius 1 is 1.32 bits per heavy atom. The van der Waals surface area contributed by atoms with Crippen LogP contribution in [0.3, 0.4) is 0 Å². The van der Waals surface area contributed by atoms with Gasteiger partial charge in [-0.2, -0.15) is 0 Å². The van der Waals surface area contributed by atoms with E-state index >= 15 is 0 Å². The summed E-state index contributed by atoms with van der Waals surface area (Å²) in [5, 5.41) is 14.0. The fourth-order valence-corrected chi connectivity index (χ4v) is 4.08. The van der Waals surface area contributed by atoms with Gasteiger partial charge in [0.2, 0.25) is 0 Å². The van der Waals surface area contributed by atoms with Crippen LogP contribution >= 0.6 is 0 Å². The molecule has 1 aliphatic carbocycles. The van der Waals surface area contributed by atoms with Crippen LogP contribution in [0.15, 0.2) is 29.3 Å². The number of ether oxygens (including phenoxy) is 1. The van der Waals surface area contributed by atoms with Crippen molar-refractivity contribution in [3.63, 3.8) is 0 Å². The second-order valence-electron chi connectivity index (χ2n) is 8.31. The summed E-state index contributed by atoms with van der Waals surface area (Å²) in [7, 11) is 0. The van der Waals surface area contributed by atoms with Gasteiger partial charge in [0.05, 0.1) is 18.6 Å². The van der Waals surface area contributed by atoms with E-state index in [4.69, 9.17) is 4.74 Å². The Bertz CT molecular complexity index is 1050. The van der Waals surface area contributed by atoms with Gasteiger partial charge >= 0.3 is 0 Å². The highest BCUT2D eigenvalue weighted by Gasteiger charge is 2.26. The molecule has 0 bridgehead atoms. The molecule has 1 aliphatic heterocycles. The Labute approximate surface area is 181 Å². The topological polar surface area (TPSA) is 96.7 Å². The molecule has 1 saturated carbocycles. The Morgan fingerprint density at radius 3 is 2.71 bits per heavy atom. The maximum Gasteiger partial charge on any atom is 0.268 e. The monoisotopic (exact) mass is 426 g/mol. The van der Waals surface area contributed by atoms with Crippen LogP contribution in [0.2, 0.25) is 0 Å². The molecule has 2 aromatic heterocycles. The number of pyridine rings is 2. The first-order valence-corrected chi connectivity index (χ1v) is 11.0. The molecule has 2 aliphatic rings. The summed E-state index contributed by atoms with van der Waals surface area (Å²) in [6, 6.07) is 1.89. The molecule has 1 amide bonds. The lowest BCUT2D eigenvalue weighted by Gasteiger charge is -2.27. The zero-order valence-electron chi connectivity index (χ0n) is 18.0. The van der Waals surface area contributed by atoms with Gasteiger partial charge in [0.1, 0.15) is 17.0 Å². The number of fused-ring (bicyclic) bond motifs is 1. The Hall–Kier alpha value is -2.71. The van der Waals surface area contributed by atoms with E-state index in [1.54, 1.807) is 6.20 Å². The van der Waals surface area contributed by atoms with Gasteiger partial charge < -0.3 is 15.2 Å². The van der Waals surface area contributed by atoms with Crippen molar-refractivity contribution >= 4 is 16.9 Å². The molecule has 4 rings (SSSR count). The molecule has 1 saturated heterocycles. The van der Waals surface area contributed by atoms with E-state index in [0.29, 0.717) is 55.4 Å². The lowest BCUT2D eigenvalue weighted by Crippen LogP contribution is -2.40. The average Bonchev–Trinajstić information content (AvgIpc) is 2.73. The van der Waals surface area contributed by atoms with Crippen molar-refractivity contribution in [1.29, 1.82) is 0 Å². The molecule has 0 unspecified atom stereocenters. The quantitative estimate of drug-likeness (QED) is 0.706. The summed E-state index contributed by atoms with van der Waals surface area (Å²) in [5.74, 6) is -0.523. The summed E-state index contributed by atoms with van der Waals surface area (Å²) in [5.41, 5.74) is 1.15. The number of amides is 1. The van der Waals surface area contributed by atoms with Crippen LogP contribution in [0.4, 0.5) is 0 Å². The molecular weight excluding hydrogens is 396 g/mol. The third-order valence-electron chi connectivity index (χ3n) is 6.36. The summed E-state index contributed by atoms with van der Waals surface area (Å²) < 4.78 is 6.91. The Morgan fingerprint density at radius 2 is 2.06 bits per heavy atom. The first kappa shape index (κ1) is 21.5. The number of nitrogens with zero attached hydrogens (tertiary/aromatic N) is 3. The van der Waals surface area contributed by atoms with Gasteiger partial charge in [0, 0.05) is 38.1 Å². The van der Waals surface area contributed by atoms with Crippen LogP contribution < -0.4 is 10.9 Å². The Kier molecular flexibility index (Phi) is 6.38. The van der Waals surface area contributed by atoms with E-state index in [1.165, 1.54) is 11.0 Å². The lowest BCUT2D eigenvalue weighted by atomic mass is 9.80. The standard InChI is InChI=1S/C23H30N4O4/c1-3-15(2)25-22(29)19-20(28)18-13-17(16-5-4-6-16)14-24-21(18)27(23(19)30)8-7-26-9-11-31-12-10-26/h13-14,16,28H,2-12H2,1H3,(H,25,29). The molecule has 2 N–H and O–H groups in total. The van der Waals surface area contributed by atoms with Crippen molar-refractivity contribution in [2.75, 3.05) is 32.8 Å². The fourth-order valence-electron chi connectivity index (χ4n) is 4.08. The molecule has 3 heterocycles. The number of aromatic nitrogens is 2. The first-order valence-electron chi connectivity index (χ1n) is 11.0. The zero-order valence-corrected chi connectivity index (χ0v) is 18.0. The van der Waals surface area contributed by atoms with Crippen LogP contribution in [-0.4, -0.2) is 58.3 Å². The second kappa shape index (κ2) is 9.20. The van der Waals surface area contributed by atoms with Crippen molar-refractivity contribution in [2.45, 2.75) is 45.1 Å². The number of rotatable bonds is 7. The molecule has 0 aromatic carbocycles. The highest BCUT2D eigenvalue weighted by atomic mass is 16.5. The number of allylic oxidation sites excluding steroid dienone is 1. The lowest BCUT2D eigenvalue weighted by molar-refractivity contribution is 0.0364. The highest BCUT2D eigenvalue weighted by Crippen LogP contribution is 2.38. The smallest absolute Gasteiger partial charge is 0.268 e. The number of nitrogens with one attached hydrogen (secondary N) is 1. The third kappa shape index (κ3) is 4.36. The largest absolute Gasteiger partial charge is 0.506 e. The van der Waals surface area contributed by atoms with Gasteiger partial charge in [-0.25, -0.2) is 4.98 Å². The Balaban J connectivity index is 1.77. The van der Waals surface area contributed by atoms with Crippen molar-refractivity contribution in [3.8, 4) is 5.75 Å². The maximum atomic E-state index is 13.3. The van der Waals surface area contributed by atoms with Gasteiger partial charge in [-0.05, 0) is 36.8 Å². The van der Waals surface area contributed by atoms with E-state index in [1.807, 2.05) is 13.0 Å². The summed E-state index contributed by atoms with van der Waals surface area (Å²) in [4.78, 5) is 32.9. The predicted molar refractivity (Wildman–Crippen MR) is 118 cm³/mol. The van der Waals surface area contributed by atoms with Crippen LogP contribution in [0, 0.1) is 0 Å². The van der Waals surface area contributed by atoms with E-state index in [9.17, 15) is 14.7 Å². The van der Waals surface area contributed by atoms with E-state index < -0.39 is 11.5 Å². The van der Waals surface area contributed by atoms with Crippen molar-refractivity contribution in [2.24, 2.45) is 0 Å². The summed E-state index contributed by atoms with van der Waals surface area (Å²) >= 11 is 0. The number of aromatic hydroxyl groups is 1. The molecule has 8 heteroatoms. The van der Waals surface area contributed by atoms with Crippen LogP contribution in [0.1, 0.15) is 54.4 Å². The summed E-state index contributed by atoms with van der Waals surface area (Å²) in [6.07, 6.45) is 5.71. The van der Waals surface area contributed by atoms with E-state index in [2.05, 4.69) is 21.8 Å². The average molecular weight is 427 g/mol. The molecule has 0 radical (unpaired) electrons. The predicted octanol–water partition coefficient (Wildman–Crippen LogP) is 2.36. The van der Waals surface area contributed by atoms with Gasteiger partial charge in [-0.1, -0.05) is 19.9 Å². The number of hydrogen-bond acceptors (Lipinski definition) is 6. The maximum absolute atomic E-state index is 13.3. The number of carbonyl (C=O) groups excluding carboxylic acids is 1. The van der Waals surface area contributed by atoms with Gasteiger partial charge in [0.15, 0.2) is 0 Å². The highest BCUT2D eigenvalue weighted by molar-refractivity contribution is 6.02. The molecule has 0 spiro atoms. The van der Waals surface area contributed by atoms with E-state index in [-0.39, 0.29) is 11.3 Å². The minimum Gasteiger partial charge on any atom is -0.506 e. The fraction of sp³-hybridized carbons (Fsp3) is 0.522. The first-order chi connectivity index (χ1) is 15.0. The van der Waals surface area contributed by atoms with Crippen molar-refractivity contribution in [1.82, 2.24) is 19.8 Å². The molecule has 2 fully saturated rings. The van der Waals surface area contributed by atoms with Crippen LogP contribution in [0.25, 0.3) is 11.0 Å². The van der Waals surface area contributed by atoms with Crippen molar-refractivity contribution in [3.05, 3.63) is 46.0 Å². The molecule has 0 atom stereocenters. The minimum absolute atomic E-state index is 0.253.